The third-order valence-corrected chi connectivity index (χ3v) is 6.71. The van der Waals surface area contributed by atoms with E-state index in [2.05, 4.69) is 52.2 Å². The lowest BCUT2D eigenvalue weighted by molar-refractivity contribution is -0.143. The first-order valence-electron chi connectivity index (χ1n) is 11.3. The van der Waals surface area contributed by atoms with Gasteiger partial charge >= 0.3 is 0 Å². The average molecular weight is 432 g/mol. The predicted molar refractivity (Wildman–Crippen MR) is 127 cm³/mol. The lowest BCUT2D eigenvalue weighted by Crippen LogP contribution is -2.52. The second-order valence-corrected chi connectivity index (χ2v) is 9.29. The number of aryl methyl sites for hydroxylation is 1. The normalized spacial score (nSPS) is 19.1. The van der Waals surface area contributed by atoms with Crippen molar-refractivity contribution in [1.82, 2.24) is 24.6 Å². The third-order valence-electron chi connectivity index (χ3n) is 6.71. The first kappa shape index (κ1) is 22.2. The van der Waals surface area contributed by atoms with Crippen LogP contribution in [0.25, 0.3) is 11.1 Å². The Morgan fingerprint density at radius 3 is 2.66 bits per heavy atom. The Morgan fingerprint density at radius 1 is 1.16 bits per heavy atom. The number of carbonyl (C=O) groups is 1. The molecule has 1 atom stereocenters. The summed E-state index contributed by atoms with van der Waals surface area (Å²) in [6, 6.07) is 12.6. The van der Waals surface area contributed by atoms with E-state index in [0.29, 0.717) is 0 Å². The summed E-state index contributed by atoms with van der Waals surface area (Å²) >= 11 is 0. The monoisotopic (exact) mass is 431 g/mol. The third kappa shape index (κ3) is 4.60. The van der Waals surface area contributed by atoms with Crippen LogP contribution in [0.5, 0.6) is 0 Å². The highest BCUT2D eigenvalue weighted by molar-refractivity contribution is 5.83. The lowest BCUT2D eigenvalue weighted by Gasteiger charge is -2.43. The molecule has 0 aliphatic carbocycles. The zero-order chi connectivity index (χ0) is 22.7. The van der Waals surface area contributed by atoms with Crippen molar-refractivity contribution in [3.63, 3.8) is 0 Å². The number of piperidine rings is 1. The molecule has 1 fully saturated rings. The maximum Gasteiger partial charge on any atom is 0.229 e. The van der Waals surface area contributed by atoms with E-state index in [4.69, 9.17) is 0 Å². The van der Waals surface area contributed by atoms with Crippen LogP contribution in [0.15, 0.2) is 55.0 Å². The van der Waals surface area contributed by atoms with Crippen molar-refractivity contribution in [2.75, 3.05) is 27.2 Å². The molecular formula is C26H33N5O. The van der Waals surface area contributed by atoms with Crippen molar-refractivity contribution in [1.29, 1.82) is 0 Å². The first-order chi connectivity index (χ1) is 15.4. The minimum atomic E-state index is -0.425. The molecule has 0 unspecified atom stereocenters. The van der Waals surface area contributed by atoms with E-state index in [1.807, 2.05) is 44.3 Å². The molecule has 1 aliphatic rings. The van der Waals surface area contributed by atoms with Crippen LogP contribution in [0.2, 0.25) is 0 Å². The number of hydrogen-bond donors (Lipinski definition) is 0. The van der Waals surface area contributed by atoms with E-state index in [0.717, 1.165) is 50.0 Å². The molecule has 3 heterocycles. The Labute approximate surface area is 190 Å². The summed E-state index contributed by atoms with van der Waals surface area (Å²) in [6.07, 6.45) is 8.29. The number of rotatable bonds is 6. The van der Waals surface area contributed by atoms with Crippen molar-refractivity contribution in [2.45, 2.75) is 32.7 Å². The molecule has 2 aromatic heterocycles. The highest BCUT2D eigenvalue weighted by atomic mass is 16.2. The second-order valence-electron chi connectivity index (χ2n) is 9.29. The van der Waals surface area contributed by atoms with Gasteiger partial charge in [-0.25, -0.2) is 0 Å². The number of aromatic nitrogens is 3. The minimum Gasteiger partial charge on any atom is -0.348 e. The highest BCUT2D eigenvalue weighted by Crippen LogP contribution is 2.37. The van der Waals surface area contributed by atoms with Crippen LogP contribution in [0.4, 0.5) is 0 Å². The Bertz CT molecular complexity index is 1070. The molecule has 168 valence electrons. The largest absolute Gasteiger partial charge is 0.348 e. The fourth-order valence-corrected chi connectivity index (χ4v) is 4.96. The second kappa shape index (κ2) is 9.25. The van der Waals surface area contributed by atoms with Crippen LogP contribution >= 0.6 is 0 Å². The summed E-state index contributed by atoms with van der Waals surface area (Å²) in [6.45, 7) is 4.70. The fourth-order valence-electron chi connectivity index (χ4n) is 4.96. The molecule has 6 heteroatoms. The smallest absolute Gasteiger partial charge is 0.229 e. The summed E-state index contributed by atoms with van der Waals surface area (Å²) < 4.78 is 1.92. The highest BCUT2D eigenvalue weighted by Gasteiger charge is 2.43. The van der Waals surface area contributed by atoms with Crippen LogP contribution in [-0.2, 0) is 24.8 Å². The van der Waals surface area contributed by atoms with Crippen LogP contribution in [0, 0.1) is 12.3 Å². The van der Waals surface area contributed by atoms with Crippen molar-refractivity contribution in [3.05, 3.63) is 71.8 Å². The van der Waals surface area contributed by atoms with Gasteiger partial charge in [0.2, 0.25) is 5.91 Å². The van der Waals surface area contributed by atoms with Crippen molar-refractivity contribution in [2.24, 2.45) is 12.5 Å². The van der Waals surface area contributed by atoms with Gasteiger partial charge in [-0.05, 0) is 55.5 Å². The van der Waals surface area contributed by atoms with Gasteiger partial charge in [0.15, 0.2) is 0 Å². The van der Waals surface area contributed by atoms with Gasteiger partial charge in [-0.2, -0.15) is 5.10 Å². The maximum absolute atomic E-state index is 13.5. The van der Waals surface area contributed by atoms with Gasteiger partial charge < -0.3 is 4.90 Å². The van der Waals surface area contributed by atoms with E-state index in [1.54, 1.807) is 11.1 Å². The van der Waals surface area contributed by atoms with Gasteiger partial charge in [0.25, 0.3) is 0 Å². The molecule has 0 radical (unpaired) electrons. The van der Waals surface area contributed by atoms with E-state index < -0.39 is 5.41 Å². The Kier molecular flexibility index (Phi) is 6.42. The summed E-state index contributed by atoms with van der Waals surface area (Å²) in [5.41, 5.74) is 5.43. The SMILES string of the molecule is Cc1c(CN2CCC[C@@](Cc3cccc(-c4cccnc4)c3)(C(=O)N(C)C)C2)cnn1C. The number of amides is 1. The van der Waals surface area contributed by atoms with Crippen molar-refractivity contribution >= 4 is 5.91 Å². The van der Waals surface area contributed by atoms with E-state index in [-0.39, 0.29) is 5.91 Å². The fraction of sp³-hybridized carbons (Fsp3) is 0.423. The standard InChI is InChI=1S/C26H33N5O/c1-20-24(17-28-30(20)4)18-31-13-7-11-26(19-31,25(32)29(2)3)15-21-8-5-9-22(14-21)23-10-6-12-27-16-23/h5-6,8-10,12,14,16-17H,7,11,13,15,18-19H2,1-4H3/t26-/m0/s1. The average Bonchev–Trinajstić information content (AvgIpc) is 3.11. The number of pyridine rings is 1. The summed E-state index contributed by atoms with van der Waals surface area (Å²) in [4.78, 5) is 22.0. The van der Waals surface area contributed by atoms with Gasteiger partial charge in [0.1, 0.15) is 0 Å². The Hall–Kier alpha value is -2.99. The van der Waals surface area contributed by atoms with E-state index >= 15 is 0 Å². The molecule has 0 bridgehead atoms. The van der Waals surface area contributed by atoms with Crippen LogP contribution in [0.3, 0.4) is 0 Å². The lowest BCUT2D eigenvalue weighted by atomic mass is 9.73. The molecule has 4 rings (SSSR count). The van der Waals surface area contributed by atoms with Gasteiger partial charge in [-0.15, -0.1) is 0 Å². The minimum absolute atomic E-state index is 0.219. The molecule has 32 heavy (non-hydrogen) atoms. The zero-order valence-electron chi connectivity index (χ0n) is 19.6. The summed E-state index contributed by atoms with van der Waals surface area (Å²) in [5.74, 6) is 0.219. The number of nitrogens with zero attached hydrogens (tertiary/aromatic N) is 5. The molecule has 1 aromatic carbocycles. The Morgan fingerprint density at radius 2 is 1.97 bits per heavy atom. The number of benzene rings is 1. The molecule has 1 saturated heterocycles. The molecule has 0 saturated carbocycles. The molecule has 1 amide bonds. The van der Waals surface area contributed by atoms with E-state index in [9.17, 15) is 4.79 Å². The van der Waals surface area contributed by atoms with Gasteiger partial charge in [-0.3, -0.25) is 19.4 Å². The van der Waals surface area contributed by atoms with Crippen molar-refractivity contribution < 1.29 is 4.79 Å². The predicted octanol–water partition coefficient (Wildman–Crippen LogP) is 3.70. The van der Waals surface area contributed by atoms with Gasteiger partial charge in [0.05, 0.1) is 11.6 Å². The summed E-state index contributed by atoms with van der Waals surface area (Å²) in [5, 5.41) is 4.40. The topological polar surface area (TPSA) is 54.3 Å². The van der Waals surface area contributed by atoms with Crippen LogP contribution in [0.1, 0.15) is 29.7 Å². The van der Waals surface area contributed by atoms with E-state index in [1.165, 1.54) is 16.8 Å². The van der Waals surface area contributed by atoms with Gasteiger partial charge in [-0.1, -0.05) is 30.3 Å². The molecule has 6 nitrogen and oxygen atoms in total. The van der Waals surface area contributed by atoms with Crippen LogP contribution in [-0.4, -0.2) is 57.7 Å². The molecular weight excluding hydrogens is 398 g/mol. The number of likely N-dealkylation sites (tertiary alicyclic amines) is 1. The van der Waals surface area contributed by atoms with Crippen molar-refractivity contribution in [3.8, 4) is 11.1 Å². The molecule has 0 spiro atoms. The zero-order valence-corrected chi connectivity index (χ0v) is 19.6. The summed E-state index contributed by atoms with van der Waals surface area (Å²) in [7, 11) is 5.73. The number of carbonyl (C=O) groups excluding carboxylic acids is 1. The van der Waals surface area contributed by atoms with Gasteiger partial charge in [0, 0.05) is 57.9 Å². The molecule has 0 N–H and O–H groups in total. The quantitative estimate of drug-likeness (QED) is 0.597. The molecule has 3 aromatic rings. The first-order valence-corrected chi connectivity index (χ1v) is 11.3. The maximum atomic E-state index is 13.5. The number of hydrogen-bond acceptors (Lipinski definition) is 4. The van der Waals surface area contributed by atoms with Crippen LogP contribution < -0.4 is 0 Å². The Balaban J connectivity index is 1.61. The molecule has 1 aliphatic heterocycles.